The highest BCUT2D eigenvalue weighted by Crippen LogP contribution is 2.68. The summed E-state index contributed by atoms with van der Waals surface area (Å²) >= 11 is 0. The molecule has 0 radical (unpaired) electrons. The number of rotatable bonds is 3. The predicted octanol–water partition coefficient (Wildman–Crippen LogP) is 4.57. The second-order valence-electron chi connectivity index (χ2n) is 11.2. The molecule has 0 aliphatic heterocycles. The topological polar surface area (TPSA) is 49.7 Å². The van der Waals surface area contributed by atoms with Gasteiger partial charge < -0.3 is 14.9 Å². The lowest BCUT2D eigenvalue weighted by Gasteiger charge is -2.63. The summed E-state index contributed by atoms with van der Waals surface area (Å²) in [6.07, 6.45) is 8.34. The van der Waals surface area contributed by atoms with Crippen LogP contribution in [0.5, 0.6) is 0 Å². The first-order chi connectivity index (χ1) is 12.6. The number of aliphatic hydroxyl groups is 2. The van der Waals surface area contributed by atoms with Crippen molar-refractivity contribution in [2.45, 2.75) is 83.8 Å². The van der Waals surface area contributed by atoms with Crippen LogP contribution in [0.4, 0.5) is 0 Å². The van der Waals surface area contributed by atoms with Gasteiger partial charge in [0.05, 0.1) is 18.3 Å². The van der Waals surface area contributed by atoms with Crippen LogP contribution in [-0.4, -0.2) is 35.6 Å². The lowest BCUT2D eigenvalue weighted by atomic mass is 9.43. The van der Waals surface area contributed by atoms with Crippen molar-refractivity contribution < 1.29 is 14.9 Å². The number of methoxy groups -OCH3 is 1. The van der Waals surface area contributed by atoms with Crippen molar-refractivity contribution in [2.24, 2.45) is 40.4 Å². The Bertz CT molecular complexity index is 602. The zero-order chi connectivity index (χ0) is 19.6. The SMILES string of the molecule is C=C(C)[C@H]1CC[C@H]2[C@@H]3CC[C@@H]4C[C@@](O)(COC)CC[C@]4(C)[C@H]3[C@@H](O)C[C@]12C. The van der Waals surface area contributed by atoms with Crippen molar-refractivity contribution in [3.8, 4) is 0 Å². The Hall–Kier alpha value is -0.380. The normalized spacial score (nSPS) is 54.7. The standard InChI is InChI=1S/C24H40O3/c1-15(2)18-8-9-19-17-7-6-16-12-24(26,14-27-5)11-10-22(16,3)21(17)20(25)13-23(18,19)4/h16-21,25-26H,1,6-14H2,2-5H3/t16-,17+,18-,19+,20+,21-,22+,23-,24-/m1/s1. The first kappa shape index (κ1) is 19.9. The molecule has 0 aromatic rings. The van der Waals surface area contributed by atoms with Gasteiger partial charge in [-0.05, 0) is 98.7 Å². The average molecular weight is 377 g/mol. The summed E-state index contributed by atoms with van der Waals surface area (Å²) in [6.45, 7) is 11.8. The van der Waals surface area contributed by atoms with E-state index in [-0.39, 0.29) is 16.9 Å². The van der Waals surface area contributed by atoms with Crippen LogP contribution in [0.15, 0.2) is 12.2 Å². The Kier molecular flexibility index (Phi) is 4.85. The van der Waals surface area contributed by atoms with Gasteiger partial charge in [-0.1, -0.05) is 26.0 Å². The molecule has 3 heteroatoms. The molecule has 154 valence electrons. The second kappa shape index (κ2) is 6.57. The highest BCUT2D eigenvalue weighted by atomic mass is 16.5. The van der Waals surface area contributed by atoms with Crippen LogP contribution in [-0.2, 0) is 4.74 Å². The molecule has 4 saturated carbocycles. The van der Waals surface area contributed by atoms with E-state index < -0.39 is 5.60 Å². The van der Waals surface area contributed by atoms with Gasteiger partial charge in [0.15, 0.2) is 0 Å². The summed E-state index contributed by atoms with van der Waals surface area (Å²) in [5.74, 6) is 2.83. The first-order valence-corrected chi connectivity index (χ1v) is 11.2. The van der Waals surface area contributed by atoms with E-state index in [2.05, 4.69) is 27.4 Å². The Labute approximate surface area is 165 Å². The number of hydrogen-bond donors (Lipinski definition) is 2. The number of fused-ring (bicyclic) bond motifs is 5. The summed E-state index contributed by atoms with van der Waals surface area (Å²) in [4.78, 5) is 0. The number of allylic oxidation sites excluding steroid dienone is 1. The fourth-order valence-corrected chi connectivity index (χ4v) is 8.66. The molecule has 0 amide bonds. The fraction of sp³-hybridized carbons (Fsp3) is 0.917. The molecule has 2 N–H and O–H groups in total. The van der Waals surface area contributed by atoms with E-state index in [1.165, 1.54) is 31.3 Å². The second-order valence-corrected chi connectivity index (χ2v) is 11.2. The lowest BCUT2D eigenvalue weighted by molar-refractivity contribution is -0.195. The minimum atomic E-state index is -0.668. The largest absolute Gasteiger partial charge is 0.393 e. The van der Waals surface area contributed by atoms with Gasteiger partial charge in [0.2, 0.25) is 0 Å². The van der Waals surface area contributed by atoms with Gasteiger partial charge in [-0.25, -0.2) is 0 Å². The van der Waals surface area contributed by atoms with E-state index in [9.17, 15) is 10.2 Å². The molecule has 4 fully saturated rings. The smallest absolute Gasteiger partial charge is 0.0883 e. The third kappa shape index (κ3) is 2.87. The van der Waals surface area contributed by atoms with E-state index in [4.69, 9.17) is 4.74 Å². The van der Waals surface area contributed by atoms with E-state index >= 15 is 0 Å². The van der Waals surface area contributed by atoms with Crippen molar-refractivity contribution in [1.29, 1.82) is 0 Å². The Morgan fingerprint density at radius 2 is 1.81 bits per heavy atom. The first-order valence-electron chi connectivity index (χ1n) is 11.2. The molecule has 0 saturated heterocycles. The van der Waals surface area contributed by atoms with Gasteiger partial charge in [0.1, 0.15) is 0 Å². The minimum Gasteiger partial charge on any atom is -0.393 e. The van der Waals surface area contributed by atoms with E-state index in [0.717, 1.165) is 31.6 Å². The molecule has 0 aromatic carbocycles. The molecule has 0 heterocycles. The quantitative estimate of drug-likeness (QED) is 0.710. The number of hydrogen-bond acceptors (Lipinski definition) is 3. The summed E-state index contributed by atoms with van der Waals surface area (Å²) in [5.41, 5.74) is 1.03. The molecule has 0 unspecified atom stereocenters. The van der Waals surface area contributed by atoms with Crippen molar-refractivity contribution >= 4 is 0 Å². The molecule has 0 aromatic heterocycles. The van der Waals surface area contributed by atoms with Gasteiger partial charge in [-0.15, -0.1) is 0 Å². The van der Waals surface area contributed by atoms with Crippen LogP contribution in [0, 0.1) is 40.4 Å². The average Bonchev–Trinajstić information content (AvgIpc) is 2.92. The third-order valence-corrected chi connectivity index (χ3v) is 9.76. The maximum atomic E-state index is 11.4. The van der Waals surface area contributed by atoms with Crippen molar-refractivity contribution in [3.63, 3.8) is 0 Å². The van der Waals surface area contributed by atoms with Crippen LogP contribution in [0.1, 0.15) is 72.1 Å². The molecular formula is C24H40O3. The third-order valence-electron chi connectivity index (χ3n) is 9.76. The Balaban J connectivity index is 1.62. The van der Waals surface area contributed by atoms with Crippen LogP contribution >= 0.6 is 0 Å². The maximum Gasteiger partial charge on any atom is 0.0883 e. The highest BCUT2D eigenvalue weighted by Gasteiger charge is 2.63. The number of ether oxygens (including phenoxy) is 1. The van der Waals surface area contributed by atoms with Gasteiger partial charge in [0, 0.05) is 7.11 Å². The lowest BCUT2D eigenvalue weighted by Crippen LogP contribution is -2.60. The molecule has 4 rings (SSSR count). The van der Waals surface area contributed by atoms with Crippen molar-refractivity contribution in [3.05, 3.63) is 12.2 Å². The predicted molar refractivity (Wildman–Crippen MR) is 108 cm³/mol. The zero-order valence-corrected chi connectivity index (χ0v) is 17.8. The Morgan fingerprint density at radius 1 is 1.07 bits per heavy atom. The molecular weight excluding hydrogens is 336 g/mol. The van der Waals surface area contributed by atoms with Crippen LogP contribution in [0.2, 0.25) is 0 Å². The monoisotopic (exact) mass is 376 g/mol. The Morgan fingerprint density at radius 3 is 2.48 bits per heavy atom. The van der Waals surface area contributed by atoms with Gasteiger partial charge in [0.25, 0.3) is 0 Å². The summed E-state index contributed by atoms with van der Waals surface area (Å²) in [7, 11) is 1.69. The molecule has 9 atom stereocenters. The summed E-state index contributed by atoms with van der Waals surface area (Å²) in [6, 6.07) is 0. The van der Waals surface area contributed by atoms with E-state index in [1.54, 1.807) is 7.11 Å². The highest BCUT2D eigenvalue weighted by molar-refractivity contribution is 5.17. The van der Waals surface area contributed by atoms with E-state index in [1.807, 2.05) is 0 Å². The molecule has 4 aliphatic rings. The van der Waals surface area contributed by atoms with Gasteiger partial charge in [-0.3, -0.25) is 0 Å². The molecule has 4 aliphatic carbocycles. The molecule has 3 nitrogen and oxygen atoms in total. The van der Waals surface area contributed by atoms with Gasteiger partial charge in [-0.2, -0.15) is 0 Å². The summed E-state index contributed by atoms with van der Waals surface area (Å²) in [5, 5.41) is 22.4. The molecule has 0 spiro atoms. The van der Waals surface area contributed by atoms with Crippen molar-refractivity contribution in [2.75, 3.05) is 13.7 Å². The summed E-state index contributed by atoms with van der Waals surface area (Å²) < 4.78 is 5.32. The van der Waals surface area contributed by atoms with Crippen LogP contribution < -0.4 is 0 Å². The van der Waals surface area contributed by atoms with Gasteiger partial charge >= 0.3 is 0 Å². The maximum absolute atomic E-state index is 11.4. The molecule has 27 heavy (non-hydrogen) atoms. The molecule has 0 bridgehead atoms. The van der Waals surface area contributed by atoms with Crippen molar-refractivity contribution in [1.82, 2.24) is 0 Å². The number of aliphatic hydroxyl groups excluding tert-OH is 1. The zero-order valence-electron chi connectivity index (χ0n) is 17.8. The fourth-order valence-electron chi connectivity index (χ4n) is 8.66. The van der Waals surface area contributed by atoms with Crippen LogP contribution in [0.3, 0.4) is 0 Å². The van der Waals surface area contributed by atoms with Crippen LogP contribution in [0.25, 0.3) is 0 Å². The van der Waals surface area contributed by atoms with E-state index in [0.29, 0.717) is 30.3 Å². The minimum absolute atomic E-state index is 0.158.